The molecule has 4 rings (SSSR count). The molecule has 112 valence electrons. The summed E-state index contributed by atoms with van der Waals surface area (Å²) in [4.78, 5) is 3.47. The molecule has 1 N–H and O–H groups in total. The number of hydrogen-bond donors (Lipinski definition) is 1. The number of methoxy groups -OCH3 is 1. The fraction of sp³-hybridized carbons (Fsp3) is 0.263. The van der Waals surface area contributed by atoms with E-state index in [1.54, 1.807) is 7.11 Å². The molecule has 3 nitrogen and oxygen atoms in total. The molecule has 0 atom stereocenters. The van der Waals surface area contributed by atoms with Crippen molar-refractivity contribution in [2.75, 3.05) is 7.11 Å². The van der Waals surface area contributed by atoms with Crippen LogP contribution in [0.2, 0.25) is 0 Å². The summed E-state index contributed by atoms with van der Waals surface area (Å²) in [6, 6.07) is 8.53. The molecule has 0 aliphatic carbocycles. The second kappa shape index (κ2) is 4.29. The first-order chi connectivity index (χ1) is 10.5. The first-order valence-corrected chi connectivity index (χ1v) is 7.49. The molecule has 0 spiro atoms. The normalized spacial score (nSPS) is 15.8. The predicted octanol–water partition coefficient (Wildman–Crippen LogP) is 4.82. The van der Waals surface area contributed by atoms with Gasteiger partial charge in [-0.05, 0) is 44.5 Å². The van der Waals surface area contributed by atoms with Crippen molar-refractivity contribution in [3.05, 3.63) is 41.5 Å². The fourth-order valence-corrected chi connectivity index (χ4v) is 3.13. The average Bonchev–Trinajstić information content (AvgIpc) is 2.79. The van der Waals surface area contributed by atoms with Crippen LogP contribution in [0.15, 0.2) is 30.3 Å². The van der Waals surface area contributed by atoms with Gasteiger partial charge in [0.25, 0.3) is 0 Å². The van der Waals surface area contributed by atoms with Crippen LogP contribution < -0.4 is 9.47 Å². The van der Waals surface area contributed by atoms with Gasteiger partial charge < -0.3 is 14.5 Å². The summed E-state index contributed by atoms with van der Waals surface area (Å²) in [7, 11) is 1.70. The minimum absolute atomic E-state index is 0.257. The van der Waals surface area contributed by atoms with Crippen molar-refractivity contribution in [3.63, 3.8) is 0 Å². The van der Waals surface area contributed by atoms with E-state index in [4.69, 9.17) is 9.47 Å². The molecule has 0 saturated carbocycles. The van der Waals surface area contributed by atoms with Crippen molar-refractivity contribution >= 4 is 27.9 Å². The topological polar surface area (TPSA) is 34.2 Å². The van der Waals surface area contributed by atoms with Gasteiger partial charge in [-0.1, -0.05) is 6.08 Å². The summed E-state index contributed by atoms with van der Waals surface area (Å²) < 4.78 is 11.5. The number of H-pyrrole nitrogens is 1. The number of ether oxygens (including phenoxy) is 2. The van der Waals surface area contributed by atoms with Gasteiger partial charge in [0.2, 0.25) is 0 Å². The number of aryl methyl sites for hydroxylation is 1. The standard InChI is InChI=1S/C19H19NO2/c1-11-7-13-14-8-12-5-6-19(2,3)22-18(12)10-16(14)20-15(13)9-17(11)21-4/h5-10,20H,1-4H3. The van der Waals surface area contributed by atoms with Crippen LogP contribution in [0.4, 0.5) is 0 Å². The van der Waals surface area contributed by atoms with E-state index < -0.39 is 0 Å². The van der Waals surface area contributed by atoms with E-state index in [1.165, 1.54) is 10.8 Å². The maximum Gasteiger partial charge on any atom is 0.129 e. The molecular weight excluding hydrogens is 274 g/mol. The first kappa shape index (κ1) is 13.3. The van der Waals surface area contributed by atoms with E-state index in [0.717, 1.165) is 33.7 Å². The van der Waals surface area contributed by atoms with Crippen molar-refractivity contribution < 1.29 is 9.47 Å². The first-order valence-electron chi connectivity index (χ1n) is 7.49. The zero-order valence-electron chi connectivity index (χ0n) is 13.3. The highest BCUT2D eigenvalue weighted by molar-refractivity contribution is 6.09. The highest BCUT2D eigenvalue weighted by Crippen LogP contribution is 2.38. The van der Waals surface area contributed by atoms with Gasteiger partial charge in [0, 0.05) is 28.5 Å². The minimum Gasteiger partial charge on any atom is -0.496 e. The van der Waals surface area contributed by atoms with Crippen molar-refractivity contribution in [2.45, 2.75) is 26.4 Å². The van der Waals surface area contributed by atoms with E-state index in [2.05, 4.69) is 62.2 Å². The Balaban J connectivity index is 2.00. The Hall–Kier alpha value is -2.42. The molecule has 0 amide bonds. The summed E-state index contributed by atoms with van der Waals surface area (Å²) in [5, 5.41) is 2.43. The summed E-state index contributed by atoms with van der Waals surface area (Å²) in [6.07, 6.45) is 4.25. The van der Waals surface area contributed by atoms with E-state index in [-0.39, 0.29) is 5.60 Å². The zero-order chi connectivity index (χ0) is 15.5. The predicted molar refractivity (Wildman–Crippen MR) is 90.8 cm³/mol. The molecule has 1 aliphatic rings. The number of aromatic nitrogens is 1. The quantitative estimate of drug-likeness (QED) is 0.698. The van der Waals surface area contributed by atoms with Crippen molar-refractivity contribution in [1.29, 1.82) is 0 Å². The SMILES string of the molecule is COc1cc2[nH]c3cc4c(cc3c2cc1C)C=CC(C)(C)O4. The van der Waals surface area contributed by atoms with Crippen LogP contribution in [0.1, 0.15) is 25.0 Å². The smallest absolute Gasteiger partial charge is 0.129 e. The van der Waals surface area contributed by atoms with Crippen molar-refractivity contribution in [2.24, 2.45) is 0 Å². The highest BCUT2D eigenvalue weighted by atomic mass is 16.5. The Labute approximate surface area is 129 Å². The van der Waals surface area contributed by atoms with Gasteiger partial charge in [-0.15, -0.1) is 0 Å². The number of hydrogen-bond acceptors (Lipinski definition) is 2. The highest BCUT2D eigenvalue weighted by Gasteiger charge is 2.22. The molecule has 3 aromatic rings. The molecule has 0 saturated heterocycles. The van der Waals surface area contributed by atoms with Gasteiger partial charge in [-0.2, -0.15) is 0 Å². The van der Waals surface area contributed by atoms with Gasteiger partial charge in [0.05, 0.1) is 18.1 Å². The Morgan fingerprint density at radius 2 is 1.77 bits per heavy atom. The van der Waals surface area contributed by atoms with E-state index >= 15 is 0 Å². The molecule has 3 heteroatoms. The van der Waals surface area contributed by atoms with Crippen LogP contribution in [-0.4, -0.2) is 17.7 Å². The number of fused-ring (bicyclic) bond motifs is 4. The lowest BCUT2D eigenvalue weighted by molar-refractivity contribution is 0.159. The summed E-state index contributed by atoms with van der Waals surface area (Å²) >= 11 is 0. The van der Waals surface area contributed by atoms with Crippen LogP contribution >= 0.6 is 0 Å². The molecule has 0 radical (unpaired) electrons. The minimum atomic E-state index is -0.257. The monoisotopic (exact) mass is 293 g/mol. The second-order valence-electron chi connectivity index (χ2n) is 6.47. The molecule has 0 bridgehead atoms. The van der Waals surface area contributed by atoms with Gasteiger partial charge in [-0.25, -0.2) is 0 Å². The number of rotatable bonds is 1. The summed E-state index contributed by atoms with van der Waals surface area (Å²) in [5.74, 6) is 1.83. The molecular formula is C19H19NO2. The Bertz CT molecular complexity index is 932. The number of benzene rings is 2. The van der Waals surface area contributed by atoms with Crippen LogP contribution in [0.25, 0.3) is 27.9 Å². The van der Waals surface area contributed by atoms with Crippen molar-refractivity contribution in [1.82, 2.24) is 4.98 Å². The lowest BCUT2D eigenvalue weighted by atomic mass is 10.0. The summed E-state index contributed by atoms with van der Waals surface area (Å²) in [5.41, 5.74) is 4.19. The molecule has 0 fully saturated rings. The molecule has 1 aromatic heterocycles. The zero-order valence-corrected chi connectivity index (χ0v) is 13.3. The Kier molecular flexibility index (Phi) is 2.59. The van der Waals surface area contributed by atoms with Crippen LogP contribution in [0, 0.1) is 6.92 Å². The summed E-state index contributed by atoms with van der Waals surface area (Å²) in [6.45, 7) is 6.20. The Morgan fingerprint density at radius 1 is 1.05 bits per heavy atom. The lowest BCUT2D eigenvalue weighted by Gasteiger charge is -2.27. The van der Waals surface area contributed by atoms with E-state index in [0.29, 0.717) is 0 Å². The molecule has 0 unspecified atom stereocenters. The third-order valence-corrected chi connectivity index (χ3v) is 4.28. The van der Waals surface area contributed by atoms with Gasteiger partial charge >= 0.3 is 0 Å². The number of nitrogens with one attached hydrogen (secondary N) is 1. The largest absolute Gasteiger partial charge is 0.496 e. The second-order valence-corrected chi connectivity index (χ2v) is 6.47. The third-order valence-electron chi connectivity index (χ3n) is 4.28. The molecule has 2 heterocycles. The van der Waals surface area contributed by atoms with Gasteiger partial charge in [0.15, 0.2) is 0 Å². The van der Waals surface area contributed by atoms with Gasteiger partial charge in [0.1, 0.15) is 17.1 Å². The van der Waals surface area contributed by atoms with E-state index in [9.17, 15) is 0 Å². The van der Waals surface area contributed by atoms with E-state index in [1.807, 2.05) is 0 Å². The fourth-order valence-electron chi connectivity index (χ4n) is 3.13. The average molecular weight is 293 g/mol. The van der Waals surface area contributed by atoms with Crippen molar-refractivity contribution in [3.8, 4) is 11.5 Å². The Morgan fingerprint density at radius 3 is 2.55 bits per heavy atom. The molecule has 22 heavy (non-hydrogen) atoms. The molecule has 1 aliphatic heterocycles. The maximum atomic E-state index is 6.06. The number of aromatic amines is 1. The lowest BCUT2D eigenvalue weighted by Crippen LogP contribution is -2.27. The van der Waals surface area contributed by atoms with Gasteiger partial charge in [-0.3, -0.25) is 0 Å². The van der Waals surface area contributed by atoms with Crippen LogP contribution in [0.5, 0.6) is 11.5 Å². The van der Waals surface area contributed by atoms with Crippen LogP contribution in [0.3, 0.4) is 0 Å². The maximum absolute atomic E-state index is 6.06. The molecule has 2 aromatic carbocycles. The third kappa shape index (κ3) is 1.89. The van der Waals surface area contributed by atoms with Crippen LogP contribution in [-0.2, 0) is 0 Å².